The molecule has 0 radical (unpaired) electrons. The van der Waals surface area contributed by atoms with Crippen LogP contribution in [0.3, 0.4) is 0 Å². The van der Waals surface area contributed by atoms with Crippen LogP contribution in [-0.4, -0.2) is 12.6 Å². The molecule has 1 unspecified atom stereocenters. The van der Waals surface area contributed by atoms with Gasteiger partial charge in [-0.25, -0.2) is 0 Å². The van der Waals surface area contributed by atoms with Gasteiger partial charge >= 0.3 is 0 Å². The van der Waals surface area contributed by atoms with E-state index in [4.69, 9.17) is 5.73 Å². The molecule has 2 nitrogen and oxygen atoms in total. The molecule has 0 aliphatic heterocycles. The van der Waals surface area contributed by atoms with Crippen molar-refractivity contribution in [2.24, 2.45) is 5.73 Å². The maximum atomic E-state index is 5.83. The summed E-state index contributed by atoms with van der Waals surface area (Å²) in [5.41, 5.74) is 6.97. The lowest BCUT2D eigenvalue weighted by Crippen LogP contribution is -2.28. The van der Waals surface area contributed by atoms with Gasteiger partial charge in [0.15, 0.2) is 0 Å². The maximum absolute atomic E-state index is 5.83. The number of rotatable bonds is 9. The molecule has 0 aromatic heterocycles. The van der Waals surface area contributed by atoms with Crippen molar-refractivity contribution in [2.45, 2.75) is 51.5 Å². The number of nitrogens with two attached hydrogens (primary N) is 1. The van der Waals surface area contributed by atoms with Crippen LogP contribution < -0.4 is 11.1 Å². The van der Waals surface area contributed by atoms with Gasteiger partial charge in [-0.2, -0.15) is 0 Å². The van der Waals surface area contributed by atoms with Gasteiger partial charge in [-0.3, -0.25) is 0 Å². The average molecular weight is 313 g/mol. The Morgan fingerprint density at radius 2 is 1.89 bits per heavy atom. The number of benzene rings is 1. The van der Waals surface area contributed by atoms with E-state index in [2.05, 4.69) is 40.3 Å². The summed E-state index contributed by atoms with van der Waals surface area (Å²) in [4.78, 5) is 0. The number of para-hydroxylation sites is 1. The van der Waals surface area contributed by atoms with Gasteiger partial charge in [-0.1, -0.05) is 51.2 Å². The fourth-order valence-corrected chi connectivity index (χ4v) is 2.44. The SMILES string of the molecule is CCCCCCCC(CN)Nc1ccccc1Br. The second-order valence-electron chi connectivity index (χ2n) is 4.76. The summed E-state index contributed by atoms with van der Waals surface area (Å²) in [6, 6.07) is 8.59. The van der Waals surface area contributed by atoms with Gasteiger partial charge < -0.3 is 11.1 Å². The molecule has 102 valence electrons. The molecule has 0 aliphatic rings. The van der Waals surface area contributed by atoms with Crippen LogP contribution in [0.1, 0.15) is 45.4 Å². The number of anilines is 1. The maximum Gasteiger partial charge on any atom is 0.0487 e. The zero-order valence-corrected chi connectivity index (χ0v) is 12.9. The minimum atomic E-state index is 0.380. The molecule has 0 heterocycles. The van der Waals surface area contributed by atoms with Crippen molar-refractivity contribution >= 4 is 21.6 Å². The Morgan fingerprint density at radius 1 is 1.17 bits per heavy atom. The van der Waals surface area contributed by atoms with E-state index in [9.17, 15) is 0 Å². The second-order valence-corrected chi connectivity index (χ2v) is 5.61. The van der Waals surface area contributed by atoms with E-state index in [1.54, 1.807) is 0 Å². The van der Waals surface area contributed by atoms with Crippen molar-refractivity contribution in [1.29, 1.82) is 0 Å². The molecular weight excluding hydrogens is 288 g/mol. The normalized spacial score (nSPS) is 12.4. The number of halogens is 1. The molecule has 0 amide bonds. The van der Waals surface area contributed by atoms with Crippen LogP contribution in [0.4, 0.5) is 5.69 Å². The highest BCUT2D eigenvalue weighted by Gasteiger charge is 2.07. The molecule has 3 heteroatoms. The summed E-state index contributed by atoms with van der Waals surface area (Å²) in [6.07, 6.45) is 7.74. The van der Waals surface area contributed by atoms with Crippen molar-refractivity contribution in [2.75, 3.05) is 11.9 Å². The Morgan fingerprint density at radius 3 is 2.56 bits per heavy atom. The minimum Gasteiger partial charge on any atom is -0.380 e. The lowest BCUT2D eigenvalue weighted by Gasteiger charge is -2.19. The fraction of sp³-hybridized carbons (Fsp3) is 0.600. The van der Waals surface area contributed by atoms with E-state index in [1.807, 2.05) is 12.1 Å². The molecule has 3 N–H and O–H groups in total. The number of hydrogen-bond acceptors (Lipinski definition) is 2. The zero-order valence-electron chi connectivity index (χ0n) is 11.3. The summed E-state index contributed by atoms with van der Waals surface area (Å²) >= 11 is 3.55. The van der Waals surface area contributed by atoms with Crippen LogP contribution >= 0.6 is 15.9 Å². The first kappa shape index (κ1) is 15.5. The smallest absolute Gasteiger partial charge is 0.0487 e. The Hall–Kier alpha value is -0.540. The molecular formula is C15H25BrN2. The first-order valence-corrected chi connectivity index (χ1v) is 7.78. The van der Waals surface area contributed by atoms with E-state index in [0.29, 0.717) is 12.6 Å². The van der Waals surface area contributed by atoms with E-state index in [-0.39, 0.29) is 0 Å². The molecule has 1 rings (SSSR count). The first-order valence-electron chi connectivity index (χ1n) is 6.99. The van der Waals surface area contributed by atoms with Crippen molar-refractivity contribution in [3.63, 3.8) is 0 Å². The molecule has 1 aromatic rings. The van der Waals surface area contributed by atoms with Gasteiger partial charge in [0.05, 0.1) is 0 Å². The third kappa shape index (κ3) is 5.87. The highest BCUT2D eigenvalue weighted by Crippen LogP contribution is 2.22. The number of unbranched alkanes of at least 4 members (excludes halogenated alkanes) is 4. The topological polar surface area (TPSA) is 38.0 Å². The first-order chi connectivity index (χ1) is 8.77. The molecule has 0 spiro atoms. The van der Waals surface area contributed by atoms with Gasteiger partial charge in [-0.15, -0.1) is 0 Å². The Kier molecular flexibility index (Phi) is 8.10. The highest BCUT2D eigenvalue weighted by atomic mass is 79.9. The Bertz CT molecular complexity index is 328. The minimum absolute atomic E-state index is 0.380. The standard InChI is InChI=1S/C15H25BrN2/c1-2-3-4-5-6-9-13(12-17)18-15-11-8-7-10-14(15)16/h7-8,10-11,13,18H,2-6,9,12,17H2,1H3. The number of hydrogen-bond donors (Lipinski definition) is 2. The largest absolute Gasteiger partial charge is 0.380 e. The quantitative estimate of drug-likeness (QED) is 0.656. The van der Waals surface area contributed by atoms with E-state index >= 15 is 0 Å². The molecule has 1 aromatic carbocycles. The summed E-state index contributed by atoms with van der Waals surface area (Å²) in [5, 5.41) is 3.52. The van der Waals surface area contributed by atoms with E-state index < -0.39 is 0 Å². The molecule has 0 bridgehead atoms. The second kappa shape index (κ2) is 9.40. The highest BCUT2D eigenvalue weighted by molar-refractivity contribution is 9.10. The summed E-state index contributed by atoms with van der Waals surface area (Å²) in [7, 11) is 0. The van der Waals surface area contributed by atoms with Crippen LogP contribution in [0.2, 0.25) is 0 Å². The molecule has 0 saturated heterocycles. The van der Waals surface area contributed by atoms with Crippen molar-refractivity contribution in [1.82, 2.24) is 0 Å². The van der Waals surface area contributed by atoms with Crippen LogP contribution in [0.25, 0.3) is 0 Å². The monoisotopic (exact) mass is 312 g/mol. The van der Waals surface area contributed by atoms with E-state index in [1.165, 1.54) is 32.1 Å². The molecule has 0 saturated carbocycles. The lowest BCUT2D eigenvalue weighted by molar-refractivity contribution is 0.563. The van der Waals surface area contributed by atoms with Gasteiger partial charge in [-0.05, 0) is 34.5 Å². The predicted octanol–water partition coefficient (Wildman–Crippen LogP) is 4.55. The van der Waals surface area contributed by atoms with Crippen LogP contribution in [-0.2, 0) is 0 Å². The summed E-state index contributed by atoms with van der Waals surface area (Å²) < 4.78 is 1.11. The molecule has 0 fully saturated rings. The van der Waals surface area contributed by atoms with Crippen LogP contribution in [0.15, 0.2) is 28.7 Å². The van der Waals surface area contributed by atoms with Crippen molar-refractivity contribution in [3.8, 4) is 0 Å². The summed E-state index contributed by atoms with van der Waals surface area (Å²) in [5.74, 6) is 0. The Balaban J connectivity index is 2.31. The number of nitrogens with one attached hydrogen (secondary N) is 1. The van der Waals surface area contributed by atoms with E-state index in [0.717, 1.165) is 16.6 Å². The molecule has 0 aliphatic carbocycles. The summed E-state index contributed by atoms with van der Waals surface area (Å²) in [6.45, 7) is 2.94. The third-order valence-corrected chi connectivity index (χ3v) is 3.87. The van der Waals surface area contributed by atoms with Gasteiger partial charge in [0.25, 0.3) is 0 Å². The Labute approximate surface area is 119 Å². The molecule has 18 heavy (non-hydrogen) atoms. The zero-order chi connectivity index (χ0) is 13.2. The van der Waals surface area contributed by atoms with Crippen LogP contribution in [0.5, 0.6) is 0 Å². The van der Waals surface area contributed by atoms with Gasteiger partial charge in [0, 0.05) is 22.7 Å². The third-order valence-electron chi connectivity index (χ3n) is 3.17. The lowest BCUT2D eigenvalue weighted by atomic mass is 10.1. The van der Waals surface area contributed by atoms with Gasteiger partial charge in [0.2, 0.25) is 0 Å². The van der Waals surface area contributed by atoms with Crippen molar-refractivity contribution in [3.05, 3.63) is 28.7 Å². The molecule has 1 atom stereocenters. The van der Waals surface area contributed by atoms with Crippen LogP contribution in [0, 0.1) is 0 Å². The predicted molar refractivity (Wildman–Crippen MR) is 84.0 cm³/mol. The van der Waals surface area contributed by atoms with Crippen molar-refractivity contribution < 1.29 is 0 Å². The average Bonchev–Trinajstić information content (AvgIpc) is 2.39. The fourth-order valence-electron chi connectivity index (χ4n) is 2.04. The van der Waals surface area contributed by atoms with Gasteiger partial charge in [0.1, 0.15) is 0 Å².